The van der Waals surface area contributed by atoms with Crippen LogP contribution in [0.3, 0.4) is 0 Å². The molecule has 1 aromatic rings. The minimum absolute atomic E-state index is 0.0705. The number of hydrogen-bond acceptors (Lipinski definition) is 4. The lowest BCUT2D eigenvalue weighted by molar-refractivity contribution is -0.118. The summed E-state index contributed by atoms with van der Waals surface area (Å²) in [5.74, 6) is 0.709. The summed E-state index contributed by atoms with van der Waals surface area (Å²) in [5.41, 5.74) is 0. The van der Waals surface area contributed by atoms with E-state index in [-0.39, 0.29) is 11.8 Å². The molecule has 0 aliphatic rings. The van der Waals surface area contributed by atoms with Crippen LogP contribution in [0.5, 0.6) is 5.88 Å². The molecule has 0 saturated carbocycles. The van der Waals surface area contributed by atoms with Crippen LogP contribution in [0.1, 0.15) is 13.8 Å². The quantitative estimate of drug-likeness (QED) is 0.783. The number of anilines is 1. The first kappa shape index (κ1) is 10.4. The van der Waals surface area contributed by atoms with Gasteiger partial charge in [0.2, 0.25) is 11.8 Å². The fraction of sp³-hybridized carbons (Fsp3) is 0.444. The number of methoxy groups -OCH3 is 1. The molecule has 0 atom stereocenters. The van der Waals surface area contributed by atoms with Gasteiger partial charge < -0.3 is 10.1 Å². The topological polar surface area (TPSA) is 64.1 Å². The first-order chi connectivity index (χ1) is 6.63. The van der Waals surface area contributed by atoms with Gasteiger partial charge >= 0.3 is 0 Å². The second-order valence-electron chi connectivity index (χ2n) is 3.09. The van der Waals surface area contributed by atoms with E-state index in [9.17, 15) is 4.79 Å². The van der Waals surface area contributed by atoms with E-state index >= 15 is 0 Å². The van der Waals surface area contributed by atoms with Crippen molar-refractivity contribution in [2.24, 2.45) is 5.92 Å². The van der Waals surface area contributed by atoms with E-state index in [2.05, 4.69) is 15.3 Å². The van der Waals surface area contributed by atoms with Crippen LogP contribution in [0.15, 0.2) is 12.4 Å². The lowest BCUT2D eigenvalue weighted by Gasteiger charge is -2.06. The van der Waals surface area contributed by atoms with Crippen molar-refractivity contribution < 1.29 is 9.53 Å². The van der Waals surface area contributed by atoms with Crippen LogP contribution in [-0.4, -0.2) is 23.0 Å². The first-order valence-electron chi connectivity index (χ1n) is 4.30. The van der Waals surface area contributed by atoms with E-state index in [1.54, 1.807) is 0 Å². The minimum Gasteiger partial charge on any atom is -0.480 e. The van der Waals surface area contributed by atoms with E-state index in [0.29, 0.717) is 11.7 Å². The SMILES string of the molecule is COc1cnc(NC(=O)C(C)C)cn1. The fourth-order valence-electron chi connectivity index (χ4n) is 0.757. The Balaban J connectivity index is 2.64. The molecule has 0 fully saturated rings. The molecule has 0 radical (unpaired) electrons. The van der Waals surface area contributed by atoms with E-state index in [0.717, 1.165) is 0 Å². The van der Waals surface area contributed by atoms with Crippen molar-refractivity contribution in [2.75, 3.05) is 12.4 Å². The van der Waals surface area contributed by atoms with Gasteiger partial charge in [-0.2, -0.15) is 0 Å². The molecule has 1 heterocycles. The maximum Gasteiger partial charge on any atom is 0.232 e. The minimum atomic E-state index is -0.0792. The number of nitrogens with zero attached hydrogens (tertiary/aromatic N) is 2. The highest BCUT2D eigenvalue weighted by atomic mass is 16.5. The lowest BCUT2D eigenvalue weighted by Crippen LogP contribution is -2.18. The van der Waals surface area contributed by atoms with Crippen LogP contribution in [0.2, 0.25) is 0 Å². The Morgan fingerprint density at radius 2 is 2.14 bits per heavy atom. The van der Waals surface area contributed by atoms with E-state index < -0.39 is 0 Å². The predicted octanol–water partition coefficient (Wildman–Crippen LogP) is 1.08. The van der Waals surface area contributed by atoms with Crippen LogP contribution in [-0.2, 0) is 4.79 Å². The summed E-state index contributed by atoms with van der Waals surface area (Å²) in [4.78, 5) is 19.1. The molecule has 0 aromatic carbocycles. The Hall–Kier alpha value is -1.65. The van der Waals surface area contributed by atoms with Gasteiger partial charge in [0.1, 0.15) is 0 Å². The summed E-state index contributed by atoms with van der Waals surface area (Å²) in [6.45, 7) is 3.62. The summed E-state index contributed by atoms with van der Waals surface area (Å²) in [6, 6.07) is 0. The molecule has 76 valence electrons. The number of carbonyl (C=O) groups excluding carboxylic acids is 1. The number of aromatic nitrogens is 2. The fourth-order valence-corrected chi connectivity index (χ4v) is 0.757. The van der Waals surface area contributed by atoms with Gasteiger partial charge in [0.25, 0.3) is 0 Å². The Morgan fingerprint density at radius 3 is 2.57 bits per heavy atom. The average molecular weight is 195 g/mol. The van der Waals surface area contributed by atoms with Crippen molar-refractivity contribution in [2.45, 2.75) is 13.8 Å². The van der Waals surface area contributed by atoms with Gasteiger partial charge in [0.15, 0.2) is 5.82 Å². The highest BCUT2D eigenvalue weighted by Crippen LogP contribution is 2.07. The Bertz CT molecular complexity index is 308. The normalized spacial score (nSPS) is 10.0. The van der Waals surface area contributed by atoms with Gasteiger partial charge in [-0.15, -0.1) is 0 Å². The van der Waals surface area contributed by atoms with Crippen molar-refractivity contribution in [1.29, 1.82) is 0 Å². The van der Waals surface area contributed by atoms with E-state index in [1.165, 1.54) is 19.5 Å². The van der Waals surface area contributed by atoms with Crippen LogP contribution < -0.4 is 10.1 Å². The molecular weight excluding hydrogens is 182 g/mol. The lowest BCUT2D eigenvalue weighted by atomic mass is 10.2. The standard InChI is InChI=1S/C9H13N3O2/c1-6(2)9(13)12-7-4-11-8(14-3)5-10-7/h4-6H,1-3H3,(H,10,12,13). The van der Waals surface area contributed by atoms with E-state index in [4.69, 9.17) is 4.74 Å². The first-order valence-corrected chi connectivity index (χ1v) is 4.30. The number of amides is 1. The molecule has 5 heteroatoms. The van der Waals surface area contributed by atoms with Crippen LogP contribution in [0.4, 0.5) is 5.82 Å². The van der Waals surface area contributed by atoms with Gasteiger partial charge in [-0.25, -0.2) is 9.97 Å². The second kappa shape index (κ2) is 4.55. The molecule has 5 nitrogen and oxygen atoms in total. The van der Waals surface area contributed by atoms with Crippen molar-refractivity contribution in [3.05, 3.63) is 12.4 Å². The summed E-state index contributed by atoms with van der Waals surface area (Å²) < 4.78 is 4.84. The molecule has 0 unspecified atom stereocenters. The van der Waals surface area contributed by atoms with Crippen molar-refractivity contribution in [3.63, 3.8) is 0 Å². The third kappa shape index (κ3) is 2.69. The molecule has 0 aliphatic carbocycles. The summed E-state index contributed by atoms with van der Waals surface area (Å²) >= 11 is 0. The van der Waals surface area contributed by atoms with E-state index in [1.807, 2.05) is 13.8 Å². The molecule has 0 spiro atoms. The predicted molar refractivity (Wildman–Crippen MR) is 52.1 cm³/mol. The molecule has 1 N–H and O–H groups in total. The maximum atomic E-state index is 11.3. The largest absolute Gasteiger partial charge is 0.480 e. The average Bonchev–Trinajstić information content (AvgIpc) is 2.19. The highest BCUT2D eigenvalue weighted by molar-refractivity contribution is 5.90. The molecular formula is C9H13N3O2. The number of rotatable bonds is 3. The molecule has 1 amide bonds. The molecule has 1 rings (SSSR count). The summed E-state index contributed by atoms with van der Waals surface area (Å²) in [6.07, 6.45) is 2.91. The van der Waals surface area contributed by atoms with Crippen LogP contribution in [0.25, 0.3) is 0 Å². The molecule has 0 saturated heterocycles. The number of carbonyl (C=O) groups is 1. The van der Waals surface area contributed by atoms with Gasteiger partial charge in [0, 0.05) is 5.92 Å². The van der Waals surface area contributed by atoms with Crippen molar-refractivity contribution in [1.82, 2.24) is 9.97 Å². The number of nitrogens with one attached hydrogen (secondary N) is 1. The second-order valence-corrected chi connectivity index (χ2v) is 3.09. The Labute approximate surface area is 82.5 Å². The van der Waals surface area contributed by atoms with Crippen LogP contribution >= 0.6 is 0 Å². The molecule has 14 heavy (non-hydrogen) atoms. The zero-order chi connectivity index (χ0) is 10.6. The van der Waals surface area contributed by atoms with Gasteiger partial charge in [-0.3, -0.25) is 4.79 Å². The monoisotopic (exact) mass is 195 g/mol. The highest BCUT2D eigenvalue weighted by Gasteiger charge is 2.07. The zero-order valence-electron chi connectivity index (χ0n) is 8.44. The zero-order valence-corrected chi connectivity index (χ0v) is 8.44. The maximum absolute atomic E-state index is 11.3. The summed E-state index contributed by atoms with van der Waals surface area (Å²) in [5, 5.41) is 2.62. The third-order valence-electron chi connectivity index (χ3n) is 1.61. The summed E-state index contributed by atoms with van der Waals surface area (Å²) in [7, 11) is 1.51. The molecule has 0 bridgehead atoms. The Morgan fingerprint density at radius 1 is 1.43 bits per heavy atom. The van der Waals surface area contributed by atoms with Crippen molar-refractivity contribution in [3.8, 4) is 5.88 Å². The Kier molecular flexibility index (Phi) is 3.39. The van der Waals surface area contributed by atoms with Crippen molar-refractivity contribution >= 4 is 11.7 Å². The van der Waals surface area contributed by atoms with Gasteiger partial charge in [0.05, 0.1) is 19.5 Å². The smallest absolute Gasteiger partial charge is 0.232 e. The van der Waals surface area contributed by atoms with Gasteiger partial charge in [-0.05, 0) is 0 Å². The number of hydrogen-bond donors (Lipinski definition) is 1. The van der Waals surface area contributed by atoms with Crippen LogP contribution in [0, 0.1) is 5.92 Å². The third-order valence-corrected chi connectivity index (χ3v) is 1.61. The molecule has 0 aliphatic heterocycles. The number of ether oxygens (including phenoxy) is 1. The molecule has 1 aromatic heterocycles. The van der Waals surface area contributed by atoms with Gasteiger partial charge in [-0.1, -0.05) is 13.8 Å².